The maximum Gasteiger partial charge on any atom is 0.408 e. The van der Waals surface area contributed by atoms with Gasteiger partial charge in [-0.3, -0.25) is 0 Å². The first-order valence-corrected chi connectivity index (χ1v) is 6.17. The molecule has 1 aromatic heterocycles. The molecule has 1 heterocycles. The Morgan fingerprint density at radius 2 is 2.20 bits per heavy atom. The maximum absolute atomic E-state index is 12.7. The molecule has 86 valence electrons. The molecule has 15 heavy (non-hydrogen) atoms. The van der Waals surface area contributed by atoms with Crippen molar-refractivity contribution in [3.8, 4) is 0 Å². The van der Waals surface area contributed by atoms with Gasteiger partial charge in [0.05, 0.1) is 0 Å². The molecule has 1 N–H and O–H groups in total. The number of nitrogens with one attached hydrogen (secondary N) is 1. The van der Waals surface area contributed by atoms with Gasteiger partial charge in [0.1, 0.15) is 6.04 Å². The Bertz CT molecular complexity index is 311. The molecule has 0 bridgehead atoms. The van der Waals surface area contributed by atoms with Crippen LogP contribution in [0.3, 0.4) is 0 Å². The van der Waals surface area contributed by atoms with E-state index in [2.05, 4.69) is 21.2 Å². The lowest BCUT2D eigenvalue weighted by Gasteiger charge is -2.20. The molecule has 1 unspecified atom stereocenters. The van der Waals surface area contributed by atoms with E-state index in [1.54, 1.807) is 11.4 Å². The van der Waals surface area contributed by atoms with E-state index < -0.39 is 12.2 Å². The zero-order chi connectivity index (χ0) is 11.5. The molecule has 0 radical (unpaired) electrons. The van der Waals surface area contributed by atoms with Gasteiger partial charge in [0.25, 0.3) is 0 Å². The van der Waals surface area contributed by atoms with Crippen LogP contribution in [0.1, 0.15) is 24.3 Å². The first-order valence-electron chi connectivity index (χ1n) is 4.49. The molecular formula is C9H11BrF3NS. The molecule has 0 aromatic carbocycles. The first kappa shape index (κ1) is 13.0. The molecule has 0 aliphatic rings. The topological polar surface area (TPSA) is 12.0 Å². The van der Waals surface area contributed by atoms with Crippen molar-refractivity contribution in [3.05, 3.63) is 20.8 Å². The summed E-state index contributed by atoms with van der Waals surface area (Å²) in [5.41, 5.74) is 0. The summed E-state index contributed by atoms with van der Waals surface area (Å²) in [6.45, 7) is 2.19. The molecular weight excluding hydrogens is 291 g/mol. The lowest BCUT2D eigenvalue weighted by Crippen LogP contribution is -2.34. The number of hydrogen-bond acceptors (Lipinski definition) is 2. The summed E-state index contributed by atoms with van der Waals surface area (Å²) < 4.78 is 38.6. The highest BCUT2D eigenvalue weighted by molar-refractivity contribution is 9.10. The minimum Gasteiger partial charge on any atom is -0.302 e. The van der Waals surface area contributed by atoms with Gasteiger partial charge in [-0.15, -0.1) is 11.3 Å². The van der Waals surface area contributed by atoms with Gasteiger partial charge in [-0.05, 0) is 40.3 Å². The van der Waals surface area contributed by atoms with Crippen LogP contribution in [-0.2, 0) is 0 Å². The Balaban J connectivity index is 2.87. The number of hydrogen-bond donors (Lipinski definition) is 1. The summed E-state index contributed by atoms with van der Waals surface area (Å²) in [5, 5.41) is 4.15. The van der Waals surface area contributed by atoms with Gasteiger partial charge < -0.3 is 5.32 Å². The normalized spacial score (nSPS) is 14.2. The van der Waals surface area contributed by atoms with E-state index in [9.17, 15) is 13.2 Å². The van der Waals surface area contributed by atoms with Gasteiger partial charge in [0, 0.05) is 9.35 Å². The predicted octanol–water partition coefficient (Wildman–Crippen LogP) is 4.11. The first-order chi connectivity index (χ1) is 6.96. The molecule has 0 saturated carbocycles. The van der Waals surface area contributed by atoms with Crippen molar-refractivity contribution < 1.29 is 13.2 Å². The van der Waals surface area contributed by atoms with E-state index in [0.717, 1.165) is 11.3 Å². The number of halogens is 4. The summed E-state index contributed by atoms with van der Waals surface area (Å²) in [5.74, 6) is 0. The van der Waals surface area contributed by atoms with Crippen LogP contribution in [0.4, 0.5) is 13.2 Å². The third kappa shape index (κ3) is 3.46. The third-order valence-corrected chi connectivity index (χ3v) is 3.77. The van der Waals surface area contributed by atoms with Gasteiger partial charge in [-0.25, -0.2) is 0 Å². The molecule has 0 aliphatic heterocycles. The Labute approximate surface area is 98.8 Å². The molecule has 0 aliphatic carbocycles. The third-order valence-electron chi connectivity index (χ3n) is 1.83. The van der Waals surface area contributed by atoms with E-state index in [1.807, 2.05) is 6.92 Å². The van der Waals surface area contributed by atoms with Gasteiger partial charge in [-0.1, -0.05) is 6.92 Å². The molecule has 0 saturated heterocycles. The molecule has 0 fully saturated rings. The number of alkyl halides is 3. The second kappa shape index (κ2) is 5.32. The van der Waals surface area contributed by atoms with Crippen molar-refractivity contribution in [3.63, 3.8) is 0 Å². The Kier molecular flexibility index (Phi) is 4.61. The van der Waals surface area contributed by atoms with Crippen molar-refractivity contribution in [2.45, 2.75) is 25.6 Å². The minimum absolute atomic E-state index is 0.288. The van der Waals surface area contributed by atoms with Gasteiger partial charge in [0.2, 0.25) is 0 Å². The van der Waals surface area contributed by atoms with Crippen LogP contribution in [0.15, 0.2) is 15.9 Å². The zero-order valence-corrected chi connectivity index (χ0v) is 10.5. The molecule has 0 spiro atoms. The summed E-state index contributed by atoms with van der Waals surface area (Å²) >= 11 is 4.23. The van der Waals surface area contributed by atoms with Gasteiger partial charge >= 0.3 is 6.18 Å². The van der Waals surface area contributed by atoms with Crippen LogP contribution in [0.2, 0.25) is 0 Å². The largest absolute Gasteiger partial charge is 0.408 e. The fraction of sp³-hybridized carbons (Fsp3) is 0.556. The van der Waals surface area contributed by atoms with Crippen molar-refractivity contribution in [2.75, 3.05) is 6.54 Å². The highest BCUT2D eigenvalue weighted by Gasteiger charge is 2.41. The highest BCUT2D eigenvalue weighted by Crippen LogP contribution is 2.39. The van der Waals surface area contributed by atoms with E-state index in [4.69, 9.17) is 0 Å². The van der Waals surface area contributed by atoms with Gasteiger partial charge in [0.15, 0.2) is 0 Å². The molecule has 1 nitrogen and oxygen atoms in total. The molecule has 6 heteroatoms. The Morgan fingerprint density at radius 3 is 2.60 bits per heavy atom. The summed E-state index contributed by atoms with van der Waals surface area (Å²) in [6, 6.07) is 0.0682. The Morgan fingerprint density at radius 1 is 1.53 bits per heavy atom. The standard InChI is InChI=1S/C9H11BrF3NS/c1-2-4-14-8(9(11,12)13)7-6(10)3-5-15-7/h3,5,8,14H,2,4H2,1H3. The second-order valence-electron chi connectivity index (χ2n) is 3.06. The SMILES string of the molecule is CCCNC(c1sccc1Br)C(F)(F)F. The average Bonchev–Trinajstić information content (AvgIpc) is 2.51. The average molecular weight is 302 g/mol. The summed E-state index contributed by atoms with van der Waals surface area (Å²) in [4.78, 5) is 0.288. The van der Waals surface area contributed by atoms with Crippen LogP contribution < -0.4 is 5.32 Å². The van der Waals surface area contributed by atoms with E-state index >= 15 is 0 Å². The van der Waals surface area contributed by atoms with Crippen molar-refractivity contribution in [1.29, 1.82) is 0 Å². The van der Waals surface area contributed by atoms with E-state index in [1.165, 1.54) is 0 Å². The smallest absolute Gasteiger partial charge is 0.302 e. The summed E-state index contributed by atoms with van der Waals surface area (Å²) in [6.07, 6.45) is -3.57. The lowest BCUT2D eigenvalue weighted by atomic mass is 10.2. The predicted molar refractivity (Wildman–Crippen MR) is 59.1 cm³/mol. The van der Waals surface area contributed by atoms with Crippen molar-refractivity contribution in [2.24, 2.45) is 0 Å². The molecule has 1 aromatic rings. The minimum atomic E-state index is -4.25. The van der Waals surface area contributed by atoms with Crippen molar-refractivity contribution in [1.82, 2.24) is 5.32 Å². The molecule has 1 rings (SSSR count). The van der Waals surface area contributed by atoms with Gasteiger partial charge in [-0.2, -0.15) is 13.2 Å². The highest BCUT2D eigenvalue weighted by atomic mass is 79.9. The lowest BCUT2D eigenvalue weighted by molar-refractivity contribution is -0.157. The monoisotopic (exact) mass is 301 g/mol. The van der Waals surface area contributed by atoms with Crippen LogP contribution in [0.25, 0.3) is 0 Å². The number of thiophene rings is 1. The molecule has 0 amide bonds. The quantitative estimate of drug-likeness (QED) is 0.882. The second-order valence-corrected chi connectivity index (χ2v) is 4.86. The summed E-state index contributed by atoms with van der Waals surface area (Å²) in [7, 11) is 0. The zero-order valence-electron chi connectivity index (χ0n) is 8.07. The van der Waals surface area contributed by atoms with Crippen LogP contribution in [0.5, 0.6) is 0 Å². The van der Waals surface area contributed by atoms with E-state index in [-0.39, 0.29) is 4.88 Å². The fourth-order valence-electron chi connectivity index (χ4n) is 1.16. The van der Waals surface area contributed by atoms with Crippen LogP contribution in [0, 0.1) is 0 Å². The fourth-order valence-corrected chi connectivity index (χ4v) is 2.86. The van der Waals surface area contributed by atoms with Crippen LogP contribution >= 0.6 is 27.3 Å². The number of rotatable bonds is 4. The maximum atomic E-state index is 12.7. The van der Waals surface area contributed by atoms with Crippen LogP contribution in [-0.4, -0.2) is 12.7 Å². The molecule has 1 atom stereocenters. The Hall–Kier alpha value is -0.0700. The van der Waals surface area contributed by atoms with Crippen molar-refractivity contribution >= 4 is 27.3 Å². The van der Waals surface area contributed by atoms with E-state index in [0.29, 0.717) is 17.4 Å².